The van der Waals surface area contributed by atoms with E-state index in [9.17, 15) is 5.11 Å². The van der Waals surface area contributed by atoms with E-state index >= 15 is 0 Å². The van der Waals surface area contributed by atoms with Gasteiger partial charge < -0.3 is 10.0 Å². The maximum atomic E-state index is 11.3. The van der Waals surface area contributed by atoms with E-state index in [4.69, 9.17) is 11.6 Å². The van der Waals surface area contributed by atoms with Crippen LogP contribution in [-0.2, 0) is 5.72 Å². The van der Waals surface area contributed by atoms with E-state index in [1.165, 1.54) is 0 Å². The van der Waals surface area contributed by atoms with Crippen molar-refractivity contribution in [2.24, 2.45) is 4.99 Å². The number of hydrogen-bond acceptors (Lipinski definition) is 4. The van der Waals surface area contributed by atoms with Crippen molar-refractivity contribution in [1.29, 1.82) is 0 Å². The first kappa shape index (κ1) is 13.3. The van der Waals surface area contributed by atoms with Crippen molar-refractivity contribution in [3.05, 3.63) is 34.9 Å². The summed E-state index contributed by atoms with van der Waals surface area (Å²) in [6.07, 6.45) is 1.90. The molecular formula is C14H17ClN2OS. The average molecular weight is 297 g/mol. The van der Waals surface area contributed by atoms with Crippen LogP contribution in [0.4, 0.5) is 0 Å². The van der Waals surface area contributed by atoms with Crippen LogP contribution in [0.25, 0.3) is 0 Å². The molecule has 1 aromatic carbocycles. The van der Waals surface area contributed by atoms with Crippen LogP contribution in [0.15, 0.2) is 29.3 Å². The lowest BCUT2D eigenvalue weighted by Crippen LogP contribution is -2.50. The summed E-state index contributed by atoms with van der Waals surface area (Å²) in [4.78, 5) is 6.60. The molecule has 1 saturated heterocycles. The summed E-state index contributed by atoms with van der Waals surface area (Å²) in [6, 6.07) is 7.52. The Morgan fingerprint density at radius 2 is 2.21 bits per heavy atom. The summed E-state index contributed by atoms with van der Waals surface area (Å²) >= 11 is 7.64. The third kappa shape index (κ3) is 2.06. The molecule has 2 heterocycles. The van der Waals surface area contributed by atoms with Crippen molar-refractivity contribution in [3.63, 3.8) is 0 Å². The average Bonchev–Trinajstić information content (AvgIpc) is 2.74. The number of hydrogen-bond donors (Lipinski definition) is 1. The first-order chi connectivity index (χ1) is 9.16. The Hall–Kier alpha value is -0.710. The van der Waals surface area contributed by atoms with Crippen LogP contribution in [-0.4, -0.2) is 33.5 Å². The number of halogens is 1. The van der Waals surface area contributed by atoms with Crippen molar-refractivity contribution in [3.8, 4) is 0 Å². The fourth-order valence-corrected chi connectivity index (χ4v) is 4.29. The summed E-state index contributed by atoms with van der Waals surface area (Å²) in [5.41, 5.74) is -0.0492. The predicted molar refractivity (Wildman–Crippen MR) is 80.6 cm³/mol. The molecule has 2 aliphatic heterocycles. The van der Waals surface area contributed by atoms with Crippen molar-refractivity contribution in [1.82, 2.24) is 4.90 Å². The van der Waals surface area contributed by atoms with Crippen LogP contribution in [0.1, 0.15) is 25.3 Å². The molecule has 3 rings (SSSR count). The van der Waals surface area contributed by atoms with Crippen LogP contribution in [0.2, 0.25) is 5.02 Å². The monoisotopic (exact) mass is 296 g/mol. The number of nitrogens with zero attached hydrogens (tertiary/aromatic N) is 2. The number of aliphatic imine (C=N–C) groups is 1. The first-order valence-corrected chi connectivity index (χ1v) is 7.89. The van der Waals surface area contributed by atoms with E-state index in [-0.39, 0.29) is 5.25 Å². The van der Waals surface area contributed by atoms with Gasteiger partial charge >= 0.3 is 0 Å². The number of aliphatic hydroxyl groups is 1. The number of rotatable bonds is 2. The van der Waals surface area contributed by atoms with Gasteiger partial charge in [-0.05, 0) is 25.0 Å². The minimum Gasteiger partial charge on any atom is -0.366 e. The fourth-order valence-electron chi connectivity index (χ4n) is 2.79. The smallest absolute Gasteiger partial charge is 0.178 e. The van der Waals surface area contributed by atoms with E-state index in [0.29, 0.717) is 5.02 Å². The van der Waals surface area contributed by atoms with Gasteiger partial charge in [-0.1, -0.05) is 42.4 Å². The van der Waals surface area contributed by atoms with Crippen molar-refractivity contribution >= 4 is 28.5 Å². The Balaban J connectivity index is 2.05. The van der Waals surface area contributed by atoms with Crippen molar-refractivity contribution in [2.75, 3.05) is 13.1 Å². The predicted octanol–water partition coefficient (Wildman–Crippen LogP) is 3.07. The number of fused-ring (bicyclic) bond motifs is 1. The second kappa shape index (κ2) is 5.00. The molecule has 19 heavy (non-hydrogen) atoms. The molecule has 2 aliphatic rings. The third-order valence-corrected chi connectivity index (χ3v) is 5.52. The normalized spacial score (nSPS) is 30.2. The van der Waals surface area contributed by atoms with Gasteiger partial charge in [-0.2, -0.15) is 0 Å². The Labute approximate surface area is 122 Å². The molecule has 0 spiro atoms. The minimum atomic E-state index is -0.955. The van der Waals surface area contributed by atoms with E-state index in [0.717, 1.165) is 36.7 Å². The highest BCUT2D eigenvalue weighted by Gasteiger charge is 2.52. The number of benzene rings is 1. The topological polar surface area (TPSA) is 35.8 Å². The second-order valence-corrected chi connectivity index (χ2v) is 6.52. The van der Waals surface area contributed by atoms with Gasteiger partial charge in [0.05, 0.1) is 5.25 Å². The molecular weight excluding hydrogens is 280 g/mol. The zero-order chi connectivity index (χ0) is 13.5. The SMILES string of the molecule is CC[C@@H]1SC2=NCCCN2[C@]1(O)c1ccc(Cl)cc1. The van der Waals surface area contributed by atoms with Crippen LogP contribution in [0.3, 0.4) is 0 Å². The van der Waals surface area contributed by atoms with E-state index in [1.54, 1.807) is 11.8 Å². The zero-order valence-electron chi connectivity index (χ0n) is 10.8. The highest BCUT2D eigenvalue weighted by Crippen LogP contribution is 2.47. The van der Waals surface area contributed by atoms with Crippen molar-refractivity contribution < 1.29 is 5.11 Å². The molecule has 0 aliphatic carbocycles. The molecule has 1 aromatic rings. The third-order valence-electron chi connectivity index (χ3n) is 3.77. The van der Waals surface area contributed by atoms with Crippen molar-refractivity contribution in [2.45, 2.75) is 30.7 Å². The van der Waals surface area contributed by atoms with E-state index < -0.39 is 5.72 Å². The molecule has 0 bridgehead atoms. The van der Waals surface area contributed by atoms with Gasteiger partial charge in [0.2, 0.25) is 0 Å². The molecule has 102 valence electrons. The zero-order valence-corrected chi connectivity index (χ0v) is 12.4. The molecule has 2 atom stereocenters. The molecule has 1 N–H and O–H groups in total. The standard InChI is InChI=1S/C14H17ClN2OS/c1-2-12-14(18,10-4-6-11(15)7-5-10)17-9-3-8-16-13(17)19-12/h4-7,12,18H,2-3,8-9H2,1H3/t12-,14-/m0/s1. The number of thioether (sulfide) groups is 1. The van der Waals surface area contributed by atoms with E-state index in [1.807, 2.05) is 24.3 Å². The van der Waals surface area contributed by atoms with Gasteiger partial charge in [-0.25, -0.2) is 0 Å². The number of amidine groups is 1. The molecule has 5 heteroatoms. The lowest BCUT2D eigenvalue weighted by molar-refractivity contribution is -0.0727. The van der Waals surface area contributed by atoms with Gasteiger partial charge in [0.25, 0.3) is 0 Å². The summed E-state index contributed by atoms with van der Waals surface area (Å²) in [5, 5.41) is 13.1. The minimum absolute atomic E-state index is 0.116. The molecule has 1 fully saturated rings. The highest BCUT2D eigenvalue weighted by molar-refractivity contribution is 8.14. The van der Waals surface area contributed by atoms with Gasteiger partial charge in [0.15, 0.2) is 10.9 Å². The van der Waals surface area contributed by atoms with Crippen LogP contribution >= 0.6 is 23.4 Å². The Morgan fingerprint density at radius 1 is 1.47 bits per heavy atom. The Kier molecular flexibility index (Phi) is 3.50. The Morgan fingerprint density at radius 3 is 2.89 bits per heavy atom. The van der Waals surface area contributed by atoms with Gasteiger partial charge in [-0.15, -0.1) is 0 Å². The van der Waals surface area contributed by atoms with Crippen LogP contribution < -0.4 is 0 Å². The Bertz CT molecular complexity index is 505. The first-order valence-electron chi connectivity index (χ1n) is 6.63. The van der Waals surface area contributed by atoms with Gasteiger partial charge in [0, 0.05) is 23.7 Å². The summed E-state index contributed by atoms with van der Waals surface area (Å²) in [6.45, 7) is 3.84. The lowest BCUT2D eigenvalue weighted by atomic mass is 9.95. The molecule has 0 radical (unpaired) electrons. The largest absolute Gasteiger partial charge is 0.366 e. The van der Waals surface area contributed by atoms with Gasteiger partial charge in [-0.3, -0.25) is 4.99 Å². The van der Waals surface area contributed by atoms with E-state index in [2.05, 4.69) is 16.8 Å². The highest BCUT2D eigenvalue weighted by atomic mass is 35.5. The maximum absolute atomic E-state index is 11.3. The molecule has 0 saturated carbocycles. The quantitative estimate of drug-likeness (QED) is 0.911. The summed E-state index contributed by atoms with van der Waals surface area (Å²) in [7, 11) is 0. The van der Waals surface area contributed by atoms with Crippen LogP contribution in [0, 0.1) is 0 Å². The molecule has 3 nitrogen and oxygen atoms in total. The summed E-state index contributed by atoms with van der Waals surface area (Å²) < 4.78 is 0. The van der Waals surface area contributed by atoms with Gasteiger partial charge in [0.1, 0.15) is 0 Å². The second-order valence-electron chi connectivity index (χ2n) is 4.92. The van der Waals surface area contributed by atoms with Crippen LogP contribution in [0.5, 0.6) is 0 Å². The molecule has 0 amide bonds. The molecule has 0 aromatic heterocycles. The maximum Gasteiger partial charge on any atom is 0.178 e. The molecule has 0 unspecified atom stereocenters. The lowest BCUT2D eigenvalue weighted by Gasteiger charge is -2.38. The summed E-state index contributed by atoms with van der Waals surface area (Å²) in [5.74, 6) is 0. The fraction of sp³-hybridized carbons (Fsp3) is 0.500.